The number of benzene rings is 2. The van der Waals surface area contributed by atoms with Crippen LogP contribution >= 0.6 is 0 Å². The van der Waals surface area contributed by atoms with E-state index < -0.39 is 35.4 Å². The van der Waals surface area contributed by atoms with E-state index in [1.54, 1.807) is 14.7 Å². The molecule has 28 heteroatoms. The Morgan fingerprint density at radius 3 is 1.60 bits per heavy atom. The molecule has 0 spiro atoms. The number of aromatic amines is 2. The Morgan fingerprint density at radius 2 is 1.09 bits per heavy atom. The van der Waals surface area contributed by atoms with Crippen molar-refractivity contribution in [3.8, 4) is 11.9 Å². The van der Waals surface area contributed by atoms with Crippen LogP contribution in [0.4, 0.5) is 49.2 Å². The van der Waals surface area contributed by atoms with Gasteiger partial charge in [-0.1, -0.05) is 19.7 Å². The van der Waals surface area contributed by atoms with Gasteiger partial charge in [-0.15, -0.1) is 0 Å². The highest BCUT2D eigenvalue weighted by atomic mass is 19.4. The van der Waals surface area contributed by atoms with Crippen LogP contribution in [-0.4, -0.2) is 199 Å². The van der Waals surface area contributed by atoms with Crippen LogP contribution in [0.15, 0.2) is 80.7 Å². The molecule has 0 radical (unpaired) electrons. The average Bonchev–Trinajstić information content (AvgIpc) is 1.80. The maximum Gasteiger partial charge on any atom is 0.418 e. The normalized spacial score (nSPS) is 17.5. The smallest absolute Gasteiger partial charge is 0.418 e. The summed E-state index contributed by atoms with van der Waals surface area (Å²) in [6, 6.07) is 7.36. The minimum Gasteiger partial charge on any atom is -0.478 e. The SMILES string of the molecule is C=CC(=O)N1CCN(c2nc(OCCCN3CCOCC3)nc3c2CCN(c2c(C(F)(F)F)ccc4[nH]ncc24)C3)CC1.C=CC(=O)OC(=O)C=C.FC(F)(F)c1ccc2[nH]ncc2c1N1CCc2c(N3CCCCC3)cc(OCCCN3CCOCC3)nc2C1. The summed E-state index contributed by atoms with van der Waals surface area (Å²) in [6.45, 7) is 24.6. The van der Waals surface area contributed by atoms with Crippen molar-refractivity contribution in [2.45, 2.75) is 70.4 Å². The van der Waals surface area contributed by atoms with Crippen LogP contribution in [0.25, 0.3) is 21.8 Å². The van der Waals surface area contributed by atoms with Crippen LogP contribution in [0.2, 0.25) is 0 Å². The van der Waals surface area contributed by atoms with E-state index in [2.05, 4.69) is 64.5 Å². The first kappa shape index (κ1) is 65.6. The molecule has 10 heterocycles. The fourth-order valence-electron chi connectivity index (χ4n) is 12.2. The maximum absolute atomic E-state index is 14.2. The molecule has 4 fully saturated rings. The Balaban J connectivity index is 0.000000177. The first-order valence-electron chi connectivity index (χ1n) is 30.8. The Labute approximate surface area is 522 Å². The molecule has 1 amide bonds. The molecule has 12 rings (SSSR count). The summed E-state index contributed by atoms with van der Waals surface area (Å²) >= 11 is 0. The van der Waals surface area contributed by atoms with Crippen LogP contribution in [-0.2, 0) is 66.9 Å². The predicted octanol–water partition coefficient (Wildman–Crippen LogP) is 7.93. The number of anilines is 4. The van der Waals surface area contributed by atoms with E-state index in [1.165, 1.54) is 37.0 Å². The molecular weight excluding hydrogens is 1190 g/mol. The highest BCUT2D eigenvalue weighted by Crippen LogP contribution is 2.45. The molecule has 0 atom stereocenters. The minimum atomic E-state index is -4.53. The molecule has 4 aromatic heterocycles. The van der Waals surface area contributed by atoms with Gasteiger partial charge >= 0.3 is 30.3 Å². The minimum absolute atomic E-state index is 0.0918. The highest BCUT2D eigenvalue weighted by molar-refractivity contribution is 5.96. The highest BCUT2D eigenvalue weighted by Gasteiger charge is 2.40. The number of piperidine rings is 1. The number of piperazine rings is 1. The molecule has 0 saturated carbocycles. The standard InChI is InChI=1S/C29H35F3N8O3.C28H35F3N6O2.C6H6O3/c1-2-25(41)38-9-11-39(12-10-38)27-20-6-8-40(26-21-18-33-36-23(21)5-4-22(26)29(30,31)32)19-24(20)34-28(35-27)43-15-3-7-37-13-16-42-17-14-37;29-28(30,31)22-5-6-23-21(18-32-34-23)27(22)37-11-7-20-24(19-37)33-26(17-25(20)36-9-2-1-3-10-36)39-14-4-8-35-12-15-38-16-13-35;1-3-5(7)9-6(8)4-2/h2,4-5,18H,1,3,6-17,19H2,(H,33,36);5-6,17-18H,1-4,7-16,19H2,(H,32,34);3-4H,1-2H2. The number of pyridine rings is 1. The zero-order valence-electron chi connectivity index (χ0n) is 50.8. The molecule has 0 bridgehead atoms. The molecule has 0 unspecified atom stereocenters. The average molecular weight is 1270 g/mol. The number of alkyl halides is 6. The van der Waals surface area contributed by atoms with E-state index >= 15 is 0 Å². The molecule has 488 valence electrons. The van der Waals surface area contributed by atoms with Crippen molar-refractivity contribution in [1.82, 2.24) is 50.0 Å². The number of halogens is 6. The molecule has 2 N–H and O–H groups in total. The summed E-state index contributed by atoms with van der Waals surface area (Å²) in [6.07, 6.45) is 3.26. The van der Waals surface area contributed by atoms with E-state index in [-0.39, 0.29) is 36.4 Å². The van der Waals surface area contributed by atoms with Gasteiger partial charge in [-0.25, -0.2) is 14.6 Å². The summed E-state index contributed by atoms with van der Waals surface area (Å²) in [7, 11) is 0. The van der Waals surface area contributed by atoms with E-state index in [1.807, 2.05) is 6.07 Å². The van der Waals surface area contributed by atoms with Crippen molar-refractivity contribution in [3.05, 3.63) is 114 Å². The van der Waals surface area contributed by atoms with Crippen molar-refractivity contribution in [2.24, 2.45) is 0 Å². The predicted molar refractivity (Wildman–Crippen MR) is 329 cm³/mol. The number of rotatable bonds is 17. The molecule has 0 aliphatic carbocycles. The number of aromatic nitrogens is 7. The Kier molecular flexibility index (Phi) is 21.8. The number of hydrogen-bond acceptors (Lipinski definition) is 19. The van der Waals surface area contributed by atoms with Gasteiger partial charge in [0.25, 0.3) is 0 Å². The van der Waals surface area contributed by atoms with Crippen LogP contribution in [0.3, 0.4) is 0 Å². The molecular formula is C63H76F6N14O8. The molecule has 91 heavy (non-hydrogen) atoms. The second-order valence-electron chi connectivity index (χ2n) is 22.6. The van der Waals surface area contributed by atoms with Gasteiger partial charge in [0.2, 0.25) is 11.8 Å². The van der Waals surface area contributed by atoms with Gasteiger partial charge in [-0.2, -0.15) is 46.5 Å². The second-order valence-corrected chi connectivity index (χ2v) is 22.6. The number of amides is 1. The number of ether oxygens (including phenoxy) is 5. The Bertz CT molecular complexity index is 3500. The summed E-state index contributed by atoms with van der Waals surface area (Å²) in [5.74, 6) is -0.371. The summed E-state index contributed by atoms with van der Waals surface area (Å²) in [4.78, 5) is 61.4. The fourth-order valence-corrected chi connectivity index (χ4v) is 12.2. The third kappa shape index (κ3) is 16.4. The topological polar surface area (TPSA) is 216 Å². The lowest BCUT2D eigenvalue weighted by Crippen LogP contribution is -2.49. The molecule has 6 aromatic rings. The Morgan fingerprint density at radius 1 is 0.571 bits per heavy atom. The molecule has 6 aliphatic rings. The summed E-state index contributed by atoms with van der Waals surface area (Å²) < 4.78 is 112. The second kappa shape index (κ2) is 30.2. The van der Waals surface area contributed by atoms with Gasteiger partial charge in [0, 0.05) is 137 Å². The zero-order valence-corrected chi connectivity index (χ0v) is 50.8. The lowest BCUT2D eigenvalue weighted by atomic mass is 9.98. The number of nitrogens with zero attached hydrogens (tertiary/aromatic N) is 12. The van der Waals surface area contributed by atoms with Crippen LogP contribution in [0.1, 0.15) is 65.7 Å². The van der Waals surface area contributed by atoms with Crippen LogP contribution in [0, 0.1) is 0 Å². The van der Waals surface area contributed by atoms with Crippen molar-refractivity contribution in [1.29, 1.82) is 0 Å². The number of fused-ring (bicyclic) bond motifs is 4. The first-order chi connectivity index (χ1) is 44.0. The number of carbonyl (C=O) groups is 3. The third-order valence-electron chi connectivity index (χ3n) is 16.8. The number of esters is 2. The number of nitrogens with one attached hydrogen (secondary N) is 2. The number of H-pyrrole nitrogens is 2. The summed E-state index contributed by atoms with van der Waals surface area (Å²) in [5.41, 5.74) is 4.60. The van der Waals surface area contributed by atoms with Crippen molar-refractivity contribution >= 4 is 62.5 Å². The van der Waals surface area contributed by atoms with E-state index in [9.17, 15) is 40.7 Å². The van der Waals surface area contributed by atoms with Crippen LogP contribution in [0.5, 0.6) is 11.9 Å². The van der Waals surface area contributed by atoms with Gasteiger partial charge in [0.1, 0.15) is 5.82 Å². The van der Waals surface area contributed by atoms with E-state index in [4.69, 9.17) is 33.9 Å². The van der Waals surface area contributed by atoms with Gasteiger partial charge in [-0.3, -0.25) is 24.8 Å². The number of morpholine rings is 2. The van der Waals surface area contributed by atoms with Crippen molar-refractivity contribution < 1.29 is 64.4 Å². The monoisotopic (exact) mass is 1270 g/mol. The van der Waals surface area contributed by atoms with Gasteiger partial charge in [0.05, 0.1) is 110 Å². The van der Waals surface area contributed by atoms with Gasteiger partial charge < -0.3 is 48.2 Å². The number of hydrogen-bond donors (Lipinski definition) is 2. The van der Waals surface area contributed by atoms with Crippen LogP contribution < -0.4 is 29.1 Å². The van der Waals surface area contributed by atoms with Crippen molar-refractivity contribution in [2.75, 3.05) is 151 Å². The lowest BCUT2D eigenvalue weighted by Gasteiger charge is -2.38. The quantitative estimate of drug-likeness (QED) is 0.0291. The first-order valence-corrected chi connectivity index (χ1v) is 30.8. The largest absolute Gasteiger partial charge is 0.478 e. The molecule has 4 saturated heterocycles. The van der Waals surface area contributed by atoms with Gasteiger partial charge in [0.15, 0.2) is 0 Å². The van der Waals surface area contributed by atoms with E-state index in [0.717, 1.165) is 157 Å². The van der Waals surface area contributed by atoms with E-state index in [0.29, 0.717) is 98.7 Å². The third-order valence-corrected chi connectivity index (χ3v) is 16.8. The zero-order chi connectivity index (χ0) is 64.1. The maximum atomic E-state index is 14.2. The molecule has 22 nitrogen and oxygen atoms in total. The van der Waals surface area contributed by atoms with Gasteiger partial charge in [-0.05, 0) is 75.3 Å². The molecule has 2 aromatic carbocycles. The Hall–Kier alpha value is -8.34. The molecule has 6 aliphatic heterocycles. The fraction of sp³-hybridized carbons (Fsp3) is 0.492. The lowest BCUT2D eigenvalue weighted by molar-refractivity contribution is -0.152. The summed E-state index contributed by atoms with van der Waals surface area (Å²) in [5, 5.41) is 14.5. The van der Waals surface area contributed by atoms with Crippen molar-refractivity contribution in [3.63, 3.8) is 0 Å². The number of carbonyl (C=O) groups excluding carboxylic acids is 3.